The molecule has 1 amide bonds. The molecular weight excluding hydrogens is 751 g/mol. The number of benzene rings is 4. The smallest absolute Gasteiger partial charge is 0.209 e. The van der Waals surface area contributed by atoms with Gasteiger partial charge in [-0.2, -0.15) is 5.01 Å². The van der Waals surface area contributed by atoms with Crippen LogP contribution in [0.1, 0.15) is 62.0 Å². The normalized spacial score (nSPS) is 20.0. The van der Waals surface area contributed by atoms with Crippen LogP contribution >= 0.6 is 23.2 Å². The van der Waals surface area contributed by atoms with Crippen LogP contribution in [0.15, 0.2) is 94.9 Å². The summed E-state index contributed by atoms with van der Waals surface area (Å²) in [6.45, 7) is 10.6. The van der Waals surface area contributed by atoms with Gasteiger partial charge < -0.3 is 28.7 Å². The molecule has 3 aliphatic rings. The second kappa shape index (κ2) is 17.0. The molecule has 0 N–H and O–H groups in total. The molecule has 3 unspecified atom stereocenters. The molecule has 1 fully saturated rings. The number of nitrogens with zero attached hydrogens (tertiary/aromatic N) is 6. The maximum Gasteiger partial charge on any atom is 0.209 e. The standard InChI is InChI=1S/C43H48Cl2N6O5/c1-27(2)55-39-21-33(53-5)15-17-35(39)42-46-37(29-7-11-31(44)12-8-29)23-49(42)41-25-48(26-52)19-20-50(41)51-24-38(30-9-13-32(45)14-10-30)47-43(51)36-18-16-34(54-6)22-40(36)56-28(3)4/h7-18,21-22,26-28,37-38,41H,19-20,23-25H2,1-6H3. The van der Waals surface area contributed by atoms with Crippen LogP contribution in [0.25, 0.3) is 0 Å². The van der Waals surface area contributed by atoms with Crippen LogP contribution in [-0.4, -0.2) is 103 Å². The molecule has 294 valence electrons. The molecule has 4 aromatic carbocycles. The zero-order valence-electron chi connectivity index (χ0n) is 32.6. The van der Waals surface area contributed by atoms with Gasteiger partial charge >= 0.3 is 0 Å². The molecule has 4 aromatic rings. The fraction of sp³-hybridized carbons (Fsp3) is 0.372. The van der Waals surface area contributed by atoms with Crippen molar-refractivity contribution in [3.63, 3.8) is 0 Å². The summed E-state index contributed by atoms with van der Waals surface area (Å²) < 4.78 is 24.1. The fourth-order valence-electron chi connectivity index (χ4n) is 7.44. The Hall–Kier alpha value is -4.97. The van der Waals surface area contributed by atoms with Crippen molar-refractivity contribution in [3.05, 3.63) is 117 Å². The van der Waals surface area contributed by atoms with Gasteiger partial charge in [0.15, 0.2) is 0 Å². The third-order valence-corrected chi connectivity index (χ3v) is 10.6. The molecule has 0 saturated carbocycles. The summed E-state index contributed by atoms with van der Waals surface area (Å²) in [5.74, 6) is 4.21. The van der Waals surface area contributed by atoms with E-state index in [9.17, 15) is 4.79 Å². The van der Waals surface area contributed by atoms with Crippen molar-refractivity contribution in [1.82, 2.24) is 19.8 Å². The van der Waals surface area contributed by atoms with E-state index in [1.54, 1.807) is 14.2 Å². The Bertz CT molecular complexity index is 2080. The molecule has 3 aliphatic heterocycles. The van der Waals surface area contributed by atoms with Gasteiger partial charge in [0.2, 0.25) is 6.41 Å². The Morgan fingerprint density at radius 3 is 1.66 bits per heavy atom. The zero-order chi connectivity index (χ0) is 39.5. The molecule has 0 aliphatic carbocycles. The number of halogens is 2. The van der Waals surface area contributed by atoms with Gasteiger partial charge in [-0.1, -0.05) is 47.5 Å². The van der Waals surface area contributed by atoms with Gasteiger partial charge in [0.25, 0.3) is 0 Å². The van der Waals surface area contributed by atoms with E-state index in [1.807, 2.05) is 118 Å². The highest BCUT2D eigenvalue weighted by molar-refractivity contribution is 6.30. The van der Waals surface area contributed by atoms with Gasteiger partial charge in [-0.15, -0.1) is 0 Å². The number of aliphatic imine (C=N–C) groups is 2. The lowest BCUT2D eigenvalue weighted by atomic mass is 10.1. The minimum Gasteiger partial charge on any atom is -0.497 e. The molecule has 3 atom stereocenters. The second-order valence-corrected chi connectivity index (χ2v) is 15.4. The quantitative estimate of drug-likeness (QED) is 0.126. The number of amides is 1. The highest BCUT2D eigenvalue weighted by Gasteiger charge is 2.44. The summed E-state index contributed by atoms with van der Waals surface area (Å²) in [5, 5.41) is 5.92. The van der Waals surface area contributed by atoms with Gasteiger partial charge in [-0.3, -0.25) is 19.8 Å². The van der Waals surface area contributed by atoms with Crippen molar-refractivity contribution in [1.29, 1.82) is 0 Å². The summed E-state index contributed by atoms with van der Waals surface area (Å²) in [6.07, 6.45) is 0.399. The van der Waals surface area contributed by atoms with Crippen LogP contribution in [0, 0.1) is 0 Å². The van der Waals surface area contributed by atoms with Gasteiger partial charge in [0.05, 0.1) is 62.7 Å². The number of hydrogen-bond acceptors (Lipinski definition) is 10. The van der Waals surface area contributed by atoms with Gasteiger partial charge in [0, 0.05) is 41.8 Å². The van der Waals surface area contributed by atoms with E-state index in [4.69, 9.17) is 52.1 Å². The molecule has 7 rings (SSSR count). The summed E-state index contributed by atoms with van der Waals surface area (Å²) in [5.41, 5.74) is 3.74. The Labute approximate surface area is 339 Å². The summed E-state index contributed by atoms with van der Waals surface area (Å²) in [7, 11) is 3.29. The molecular formula is C43H48Cl2N6O5. The van der Waals surface area contributed by atoms with Crippen molar-refractivity contribution >= 4 is 41.3 Å². The molecule has 0 radical (unpaired) electrons. The molecule has 0 bridgehead atoms. The van der Waals surface area contributed by atoms with E-state index < -0.39 is 0 Å². The third-order valence-electron chi connectivity index (χ3n) is 10.1. The van der Waals surface area contributed by atoms with E-state index >= 15 is 0 Å². The predicted octanol–water partition coefficient (Wildman–Crippen LogP) is 7.91. The summed E-state index contributed by atoms with van der Waals surface area (Å²) >= 11 is 12.7. The highest BCUT2D eigenvalue weighted by Crippen LogP contribution is 2.39. The van der Waals surface area contributed by atoms with E-state index in [0.29, 0.717) is 65.8 Å². The maximum atomic E-state index is 12.6. The average Bonchev–Trinajstić information content (AvgIpc) is 3.83. The maximum absolute atomic E-state index is 12.6. The lowest BCUT2D eigenvalue weighted by molar-refractivity contribution is -0.130. The van der Waals surface area contributed by atoms with Crippen LogP contribution in [-0.2, 0) is 4.79 Å². The van der Waals surface area contributed by atoms with E-state index in [2.05, 4.69) is 14.9 Å². The van der Waals surface area contributed by atoms with Crippen molar-refractivity contribution < 1.29 is 23.7 Å². The average molecular weight is 800 g/mol. The minimum atomic E-state index is -0.346. The monoisotopic (exact) mass is 798 g/mol. The Kier molecular flexibility index (Phi) is 11.9. The molecule has 0 aromatic heterocycles. The molecule has 1 saturated heterocycles. The highest BCUT2D eigenvalue weighted by atomic mass is 35.5. The number of hydrogen-bond donors (Lipinski definition) is 0. The van der Waals surface area contributed by atoms with E-state index in [-0.39, 0.29) is 30.5 Å². The Morgan fingerprint density at radius 1 is 0.661 bits per heavy atom. The number of rotatable bonds is 13. The van der Waals surface area contributed by atoms with E-state index in [0.717, 1.165) is 40.3 Å². The first-order chi connectivity index (χ1) is 27.0. The number of amidine groups is 2. The van der Waals surface area contributed by atoms with Crippen LogP contribution in [0.5, 0.6) is 23.0 Å². The van der Waals surface area contributed by atoms with Crippen molar-refractivity contribution in [2.45, 2.75) is 58.2 Å². The third kappa shape index (κ3) is 8.40. The topological polar surface area (TPSA) is 91.7 Å². The first-order valence-corrected chi connectivity index (χ1v) is 19.7. The van der Waals surface area contributed by atoms with Crippen LogP contribution < -0.4 is 18.9 Å². The number of piperazine rings is 1. The number of carbonyl (C=O) groups is 1. The van der Waals surface area contributed by atoms with Crippen molar-refractivity contribution in [2.75, 3.05) is 46.9 Å². The van der Waals surface area contributed by atoms with Crippen LogP contribution in [0.4, 0.5) is 0 Å². The minimum absolute atomic E-state index is 0.0906. The number of methoxy groups -OCH3 is 2. The molecule has 56 heavy (non-hydrogen) atoms. The second-order valence-electron chi connectivity index (χ2n) is 14.6. The lowest BCUT2D eigenvalue weighted by Gasteiger charge is -2.49. The molecule has 13 heteroatoms. The number of ether oxygens (including phenoxy) is 4. The SMILES string of the molecule is COc1ccc(C2=NC(c3ccc(Cl)cc3)CN2C2CN(C=O)CCN2N2CC(c3ccc(Cl)cc3)N=C2c2ccc(OC)cc2OC(C)C)c(OC(C)C)c1. The predicted molar refractivity (Wildman–Crippen MR) is 221 cm³/mol. The fourth-order valence-corrected chi connectivity index (χ4v) is 7.69. The van der Waals surface area contributed by atoms with Crippen LogP contribution in [0.2, 0.25) is 10.0 Å². The van der Waals surface area contributed by atoms with Crippen LogP contribution in [0.3, 0.4) is 0 Å². The number of carbonyl (C=O) groups excluding carboxylic acids is 1. The molecule has 11 nitrogen and oxygen atoms in total. The Balaban J connectivity index is 1.36. The first kappa shape index (κ1) is 39.3. The Morgan fingerprint density at radius 2 is 1.16 bits per heavy atom. The van der Waals surface area contributed by atoms with E-state index in [1.165, 1.54) is 0 Å². The lowest BCUT2D eigenvalue weighted by Crippen LogP contribution is -2.66. The first-order valence-electron chi connectivity index (χ1n) is 18.9. The molecule has 0 spiro atoms. The largest absolute Gasteiger partial charge is 0.497 e. The van der Waals surface area contributed by atoms with Crippen molar-refractivity contribution in [3.8, 4) is 23.0 Å². The number of hydrazine groups is 1. The van der Waals surface area contributed by atoms with Crippen molar-refractivity contribution in [2.24, 2.45) is 9.98 Å². The van der Waals surface area contributed by atoms with Gasteiger partial charge in [-0.25, -0.2) is 0 Å². The van der Waals surface area contributed by atoms with Gasteiger partial charge in [0.1, 0.15) is 40.8 Å². The molecule has 3 heterocycles. The van der Waals surface area contributed by atoms with Gasteiger partial charge in [-0.05, 0) is 87.4 Å². The summed E-state index contributed by atoms with van der Waals surface area (Å²) in [4.78, 5) is 27.5. The zero-order valence-corrected chi connectivity index (χ0v) is 34.1. The summed E-state index contributed by atoms with van der Waals surface area (Å²) in [6, 6.07) is 27.0.